The van der Waals surface area contributed by atoms with E-state index in [-0.39, 0.29) is 16.5 Å². The van der Waals surface area contributed by atoms with Gasteiger partial charge in [-0.25, -0.2) is 4.31 Å². The van der Waals surface area contributed by atoms with E-state index < -0.39 is 16.5 Å². The van der Waals surface area contributed by atoms with E-state index in [1.807, 2.05) is 0 Å². The maximum Gasteiger partial charge on any atom is 0.323 e. The summed E-state index contributed by atoms with van der Waals surface area (Å²) in [5.74, 6) is 0. The summed E-state index contributed by atoms with van der Waals surface area (Å²) < 4.78 is 22.3. The summed E-state index contributed by atoms with van der Waals surface area (Å²) in [6, 6.07) is 0. The van der Waals surface area contributed by atoms with Gasteiger partial charge in [-0.15, -0.1) is 0 Å². The molecule has 0 aromatic heterocycles. The molecule has 2 unspecified atom stereocenters. The van der Waals surface area contributed by atoms with Gasteiger partial charge in [0.25, 0.3) is 0 Å². The van der Waals surface area contributed by atoms with E-state index in [4.69, 9.17) is 9.79 Å². The van der Waals surface area contributed by atoms with E-state index in [2.05, 4.69) is 4.31 Å². The molecule has 0 aliphatic rings. The van der Waals surface area contributed by atoms with Crippen LogP contribution in [0.15, 0.2) is 0 Å². The molecule has 0 bridgehead atoms. The molecule has 0 aliphatic carbocycles. The van der Waals surface area contributed by atoms with Crippen LogP contribution in [0.4, 0.5) is 0 Å². The van der Waals surface area contributed by atoms with Crippen molar-refractivity contribution < 1.29 is 39.7 Å². The van der Waals surface area contributed by atoms with Crippen molar-refractivity contribution in [1.82, 2.24) is 0 Å². The zero-order valence-corrected chi connectivity index (χ0v) is 6.42. The molecule has 0 aliphatic heterocycles. The topological polar surface area (TPSA) is 83.8 Å². The van der Waals surface area contributed by atoms with Gasteiger partial charge in [-0.2, -0.15) is 0 Å². The Kier molecular flexibility index (Phi) is 8.65. The van der Waals surface area contributed by atoms with Crippen LogP contribution in [0, 0.1) is 0 Å². The van der Waals surface area contributed by atoms with Crippen LogP contribution < -0.4 is 0 Å². The molecule has 54 valence electrons. The molecule has 0 rings (SSSR count). The van der Waals surface area contributed by atoms with E-state index >= 15 is 0 Å². The van der Waals surface area contributed by atoms with E-state index in [1.165, 1.54) is 0 Å². The van der Waals surface area contributed by atoms with Gasteiger partial charge in [0.1, 0.15) is 0 Å². The molecule has 0 saturated heterocycles. The Balaban J connectivity index is 0. The summed E-state index contributed by atoms with van der Waals surface area (Å²) in [6.07, 6.45) is 0. The van der Waals surface area contributed by atoms with Gasteiger partial charge < -0.3 is 9.79 Å². The minimum atomic E-state index is -3.20. The molecule has 5 nitrogen and oxygen atoms in total. The molecule has 2 atom stereocenters. The molecule has 0 amide bonds. The Morgan fingerprint density at radius 3 is 1.38 bits per heavy atom. The average molecular weight is 205 g/mol. The monoisotopic (exact) mass is 204 g/mol. The predicted octanol–water partition coefficient (Wildman–Crippen LogP) is -0.236. The molecule has 0 saturated carbocycles. The molecular weight excluding hydrogens is 201 g/mol. The Labute approximate surface area is 56.9 Å². The second kappa shape index (κ2) is 5.96. The normalized spacial score (nSPS) is 16.2. The van der Waals surface area contributed by atoms with Crippen LogP contribution in [0.1, 0.15) is 0 Å². The van der Waals surface area contributed by atoms with Crippen LogP contribution in [-0.2, 0) is 29.9 Å². The fourth-order valence-corrected chi connectivity index (χ4v) is 0.672. The third-order valence-electron chi connectivity index (χ3n) is 0.175. The fourth-order valence-electron chi connectivity index (χ4n) is 0.0747. The van der Waals surface area contributed by atoms with Crippen molar-refractivity contribution in [2.75, 3.05) is 0 Å². The number of hydrogen-bond acceptors (Lipinski definition) is 3. The van der Waals surface area contributed by atoms with Crippen molar-refractivity contribution in [3.63, 3.8) is 0 Å². The van der Waals surface area contributed by atoms with Gasteiger partial charge in [-0.3, -0.25) is 9.13 Å². The average Bonchev–Trinajstić information content (AvgIpc) is 1.27. The van der Waals surface area contributed by atoms with Crippen molar-refractivity contribution in [1.29, 1.82) is 0 Å². The van der Waals surface area contributed by atoms with Crippen LogP contribution in [0.3, 0.4) is 0 Å². The predicted molar refractivity (Wildman–Crippen MR) is 23.5 cm³/mol. The van der Waals surface area contributed by atoms with Gasteiger partial charge in [0.15, 0.2) is 0 Å². The van der Waals surface area contributed by atoms with Gasteiger partial charge in [-0.05, 0) is 0 Å². The van der Waals surface area contributed by atoms with Crippen molar-refractivity contribution in [2.24, 2.45) is 0 Å². The van der Waals surface area contributed by atoms with Gasteiger partial charge in [0, 0.05) is 16.5 Å². The molecule has 0 aromatic carbocycles. The first-order chi connectivity index (χ1) is 3.13. The Bertz CT molecular complexity index is 86.6. The largest absolute Gasteiger partial charge is 0.326 e. The number of hydrogen-bond donors (Lipinski definition) is 2. The summed E-state index contributed by atoms with van der Waals surface area (Å²) in [5, 5.41) is 0. The summed E-state index contributed by atoms with van der Waals surface area (Å²) in [7, 11) is -6.40. The van der Waals surface area contributed by atoms with Gasteiger partial charge in [-0.1, -0.05) is 0 Å². The van der Waals surface area contributed by atoms with E-state index in [0.717, 1.165) is 0 Å². The Morgan fingerprint density at radius 2 is 1.38 bits per heavy atom. The smallest absolute Gasteiger partial charge is 0.323 e. The van der Waals surface area contributed by atoms with E-state index in [9.17, 15) is 9.13 Å². The molecule has 0 aromatic rings. The second-order valence-corrected chi connectivity index (χ2v) is 2.51. The maximum atomic E-state index is 9.44. The van der Waals surface area contributed by atoms with Crippen LogP contribution >= 0.6 is 16.5 Å². The zero-order chi connectivity index (χ0) is 5.86. The minimum absolute atomic E-state index is 0. The summed E-state index contributed by atoms with van der Waals surface area (Å²) in [6.45, 7) is 0. The van der Waals surface area contributed by atoms with Gasteiger partial charge in [0.2, 0.25) is 0 Å². The molecule has 0 fully saturated rings. The number of rotatable bonds is 2. The van der Waals surface area contributed by atoms with E-state index in [1.54, 1.807) is 0 Å². The van der Waals surface area contributed by atoms with Crippen molar-refractivity contribution in [3.05, 3.63) is 0 Å². The molecule has 0 radical (unpaired) electrons. The van der Waals surface area contributed by atoms with E-state index in [0.29, 0.717) is 0 Å². The maximum absolute atomic E-state index is 9.44. The second-order valence-electron chi connectivity index (χ2n) is 0.634. The first-order valence-electron chi connectivity index (χ1n) is 1.26. The van der Waals surface area contributed by atoms with Crippen molar-refractivity contribution >= 4 is 16.5 Å². The van der Waals surface area contributed by atoms with Crippen LogP contribution in [0.5, 0.6) is 0 Å². The SMILES string of the molecule is O=[PH](O)O[PH](=O)O.[Ni]. The van der Waals surface area contributed by atoms with Crippen LogP contribution in [0.2, 0.25) is 0 Å². The van der Waals surface area contributed by atoms with Crippen LogP contribution in [-0.4, -0.2) is 9.79 Å². The molecule has 0 spiro atoms. The molecule has 2 N–H and O–H groups in total. The minimum Gasteiger partial charge on any atom is -0.326 e. The zero-order valence-electron chi connectivity index (χ0n) is 3.44. The molecule has 8 heteroatoms. The summed E-state index contributed by atoms with van der Waals surface area (Å²) in [4.78, 5) is 15.4. The van der Waals surface area contributed by atoms with Gasteiger partial charge in [0.05, 0.1) is 0 Å². The Hall–Kier alpha value is 0.834. The quantitative estimate of drug-likeness (QED) is 0.479. The summed E-state index contributed by atoms with van der Waals surface area (Å²) >= 11 is 0. The van der Waals surface area contributed by atoms with Gasteiger partial charge >= 0.3 is 16.5 Å². The van der Waals surface area contributed by atoms with Crippen LogP contribution in [0.25, 0.3) is 0 Å². The third kappa shape index (κ3) is 9.95. The Morgan fingerprint density at radius 1 is 1.12 bits per heavy atom. The molecular formula is H4NiO5P2. The van der Waals surface area contributed by atoms with Crippen molar-refractivity contribution in [3.8, 4) is 0 Å². The fraction of sp³-hybridized carbons (Fsp3) is 0. The standard InChI is InChI=1S/Ni.H4O5P2/c;1-6(2)5-7(3)4/h;6-7H,(H,1,2)(H,3,4). The first-order valence-corrected chi connectivity index (χ1v) is 3.79. The first kappa shape index (κ1) is 11.6. The molecule has 8 heavy (non-hydrogen) atoms. The third-order valence-corrected chi connectivity index (χ3v) is 1.57. The molecule has 0 heterocycles. The summed E-state index contributed by atoms with van der Waals surface area (Å²) in [5.41, 5.74) is 0. The van der Waals surface area contributed by atoms with Crippen molar-refractivity contribution in [2.45, 2.75) is 0 Å².